The minimum Gasteiger partial charge on any atom is -0.496 e. The molecular formula is C11H15N3O3S. The normalized spacial score (nSPS) is 9.83. The SMILES string of the molecule is COc1cc(N)ccc1SCCC(=O)NC(N)=O. The first-order valence-electron chi connectivity index (χ1n) is 5.18. The summed E-state index contributed by atoms with van der Waals surface area (Å²) in [6, 6.07) is 4.46. The fraction of sp³-hybridized carbons (Fsp3) is 0.273. The van der Waals surface area contributed by atoms with E-state index in [1.165, 1.54) is 11.8 Å². The second-order valence-corrected chi connectivity index (χ2v) is 4.56. The number of urea groups is 1. The number of ether oxygens (including phenoxy) is 1. The summed E-state index contributed by atoms with van der Waals surface area (Å²) >= 11 is 1.44. The zero-order valence-electron chi connectivity index (χ0n) is 9.93. The number of anilines is 1. The van der Waals surface area contributed by atoms with Crippen LogP contribution >= 0.6 is 11.8 Å². The van der Waals surface area contributed by atoms with Crippen molar-refractivity contribution in [2.24, 2.45) is 5.73 Å². The maximum atomic E-state index is 11.2. The Morgan fingerprint density at radius 1 is 1.44 bits per heavy atom. The van der Waals surface area contributed by atoms with Crippen molar-refractivity contribution in [3.63, 3.8) is 0 Å². The molecule has 0 aliphatic carbocycles. The minimum absolute atomic E-state index is 0.196. The monoisotopic (exact) mass is 269 g/mol. The van der Waals surface area contributed by atoms with Crippen LogP contribution in [0.2, 0.25) is 0 Å². The van der Waals surface area contributed by atoms with Crippen molar-refractivity contribution in [2.75, 3.05) is 18.6 Å². The van der Waals surface area contributed by atoms with Crippen LogP contribution in [0.15, 0.2) is 23.1 Å². The van der Waals surface area contributed by atoms with E-state index in [2.05, 4.69) is 0 Å². The van der Waals surface area contributed by atoms with Crippen molar-refractivity contribution in [1.29, 1.82) is 0 Å². The summed E-state index contributed by atoms with van der Waals surface area (Å²) in [5.74, 6) is 0.777. The van der Waals surface area contributed by atoms with Gasteiger partial charge in [0.1, 0.15) is 5.75 Å². The van der Waals surface area contributed by atoms with E-state index in [0.29, 0.717) is 17.2 Å². The zero-order chi connectivity index (χ0) is 13.5. The van der Waals surface area contributed by atoms with E-state index in [0.717, 1.165) is 4.90 Å². The van der Waals surface area contributed by atoms with Crippen molar-refractivity contribution >= 4 is 29.4 Å². The Morgan fingerprint density at radius 3 is 2.78 bits per heavy atom. The summed E-state index contributed by atoms with van der Waals surface area (Å²) in [6.45, 7) is 0. The topological polar surface area (TPSA) is 107 Å². The van der Waals surface area contributed by atoms with Gasteiger partial charge in [-0.15, -0.1) is 11.8 Å². The molecule has 98 valence electrons. The third-order valence-corrected chi connectivity index (χ3v) is 3.09. The van der Waals surface area contributed by atoms with Crippen molar-refractivity contribution < 1.29 is 14.3 Å². The first kappa shape index (κ1) is 14.2. The van der Waals surface area contributed by atoms with Gasteiger partial charge in [-0.1, -0.05) is 0 Å². The van der Waals surface area contributed by atoms with Crippen molar-refractivity contribution in [2.45, 2.75) is 11.3 Å². The molecule has 0 aromatic heterocycles. The second-order valence-electron chi connectivity index (χ2n) is 3.42. The van der Waals surface area contributed by atoms with Crippen LogP contribution in [0.4, 0.5) is 10.5 Å². The summed E-state index contributed by atoms with van der Waals surface area (Å²) in [4.78, 5) is 22.5. The number of carbonyl (C=O) groups excluding carboxylic acids is 2. The lowest BCUT2D eigenvalue weighted by molar-refractivity contribution is -0.119. The quantitative estimate of drug-likeness (QED) is 0.545. The highest BCUT2D eigenvalue weighted by molar-refractivity contribution is 7.99. The van der Waals surface area contributed by atoms with Crippen LogP contribution in [-0.4, -0.2) is 24.8 Å². The average Bonchev–Trinajstić information content (AvgIpc) is 2.30. The maximum absolute atomic E-state index is 11.2. The molecule has 5 N–H and O–H groups in total. The van der Waals surface area contributed by atoms with Gasteiger partial charge in [-0.05, 0) is 12.1 Å². The standard InChI is InChI=1S/C11H15N3O3S/c1-17-8-6-7(12)2-3-9(8)18-5-4-10(15)14-11(13)16/h2-3,6H,4-5,12H2,1H3,(H3,13,14,15,16). The lowest BCUT2D eigenvalue weighted by Crippen LogP contribution is -2.35. The Labute approximate surface area is 109 Å². The number of nitrogens with two attached hydrogens (primary N) is 2. The van der Waals surface area contributed by atoms with Gasteiger partial charge in [-0.2, -0.15) is 0 Å². The van der Waals surface area contributed by atoms with Crippen LogP contribution in [0.5, 0.6) is 5.75 Å². The molecule has 1 rings (SSSR count). The molecule has 0 aliphatic heterocycles. The first-order valence-corrected chi connectivity index (χ1v) is 6.17. The number of benzene rings is 1. The van der Waals surface area contributed by atoms with Gasteiger partial charge < -0.3 is 16.2 Å². The molecule has 0 heterocycles. The van der Waals surface area contributed by atoms with E-state index in [1.807, 2.05) is 11.4 Å². The van der Waals surface area contributed by atoms with E-state index >= 15 is 0 Å². The number of amides is 3. The molecule has 0 aliphatic rings. The molecule has 0 saturated heterocycles. The molecule has 1 aromatic rings. The predicted octanol–water partition coefficient (Wildman–Crippen LogP) is 0.955. The Hall–Kier alpha value is -1.89. The number of thioether (sulfide) groups is 1. The molecule has 0 spiro atoms. The van der Waals surface area contributed by atoms with Gasteiger partial charge >= 0.3 is 6.03 Å². The molecule has 0 bridgehead atoms. The van der Waals surface area contributed by atoms with E-state index in [-0.39, 0.29) is 6.42 Å². The summed E-state index contributed by atoms with van der Waals surface area (Å²) in [6.07, 6.45) is 0.196. The average molecular weight is 269 g/mol. The van der Waals surface area contributed by atoms with Gasteiger partial charge in [0.15, 0.2) is 0 Å². The number of carbonyl (C=O) groups is 2. The molecule has 6 nitrogen and oxygen atoms in total. The Morgan fingerprint density at radius 2 is 2.17 bits per heavy atom. The van der Waals surface area contributed by atoms with Crippen LogP contribution in [0.1, 0.15) is 6.42 Å². The van der Waals surface area contributed by atoms with Crippen LogP contribution in [0.3, 0.4) is 0 Å². The molecule has 0 radical (unpaired) electrons. The fourth-order valence-electron chi connectivity index (χ4n) is 1.26. The molecular weight excluding hydrogens is 254 g/mol. The van der Waals surface area contributed by atoms with Crippen LogP contribution in [0, 0.1) is 0 Å². The van der Waals surface area contributed by atoms with Crippen molar-refractivity contribution in [1.82, 2.24) is 5.32 Å². The second kappa shape index (κ2) is 6.75. The van der Waals surface area contributed by atoms with E-state index in [9.17, 15) is 9.59 Å². The highest BCUT2D eigenvalue weighted by Gasteiger charge is 2.07. The van der Waals surface area contributed by atoms with Crippen molar-refractivity contribution in [3.05, 3.63) is 18.2 Å². The highest BCUT2D eigenvalue weighted by atomic mass is 32.2. The van der Waals surface area contributed by atoms with E-state index < -0.39 is 11.9 Å². The zero-order valence-corrected chi connectivity index (χ0v) is 10.8. The molecule has 0 atom stereocenters. The number of nitrogens with one attached hydrogen (secondary N) is 1. The number of primary amides is 1. The summed E-state index contributed by atoms with van der Waals surface area (Å²) in [7, 11) is 1.55. The van der Waals surface area contributed by atoms with Gasteiger partial charge in [-0.3, -0.25) is 10.1 Å². The number of hydrogen-bond donors (Lipinski definition) is 3. The Balaban J connectivity index is 2.48. The smallest absolute Gasteiger partial charge is 0.318 e. The largest absolute Gasteiger partial charge is 0.496 e. The molecule has 18 heavy (non-hydrogen) atoms. The first-order chi connectivity index (χ1) is 8.52. The van der Waals surface area contributed by atoms with Crippen LogP contribution in [0.25, 0.3) is 0 Å². The summed E-state index contributed by atoms with van der Waals surface area (Å²) in [5, 5.41) is 2.00. The lowest BCUT2D eigenvalue weighted by Gasteiger charge is -2.08. The molecule has 0 fully saturated rings. The molecule has 1 aromatic carbocycles. The number of imide groups is 1. The number of rotatable bonds is 5. The predicted molar refractivity (Wildman–Crippen MR) is 70.5 cm³/mol. The fourth-order valence-corrected chi connectivity index (χ4v) is 2.21. The number of hydrogen-bond acceptors (Lipinski definition) is 5. The van der Waals surface area contributed by atoms with Gasteiger partial charge in [0.2, 0.25) is 5.91 Å². The summed E-state index contributed by atoms with van der Waals surface area (Å²) < 4.78 is 5.17. The number of methoxy groups -OCH3 is 1. The van der Waals surface area contributed by atoms with E-state index in [4.69, 9.17) is 16.2 Å². The molecule has 0 saturated carbocycles. The maximum Gasteiger partial charge on any atom is 0.318 e. The van der Waals surface area contributed by atoms with Gasteiger partial charge in [-0.25, -0.2) is 4.79 Å². The van der Waals surface area contributed by atoms with Gasteiger partial charge in [0.25, 0.3) is 0 Å². The third-order valence-electron chi connectivity index (χ3n) is 2.04. The Kier molecular flexibility index (Phi) is 5.31. The van der Waals surface area contributed by atoms with Crippen LogP contribution < -0.4 is 21.5 Å². The van der Waals surface area contributed by atoms with Crippen LogP contribution in [-0.2, 0) is 4.79 Å². The van der Waals surface area contributed by atoms with Crippen molar-refractivity contribution in [3.8, 4) is 5.75 Å². The van der Waals surface area contributed by atoms with Gasteiger partial charge in [0.05, 0.1) is 7.11 Å². The third kappa shape index (κ3) is 4.54. The molecule has 0 unspecified atom stereocenters. The number of nitrogen functional groups attached to an aromatic ring is 1. The summed E-state index contributed by atoms with van der Waals surface area (Å²) in [5.41, 5.74) is 11.1. The molecule has 7 heteroatoms. The lowest BCUT2D eigenvalue weighted by atomic mass is 10.3. The van der Waals surface area contributed by atoms with E-state index in [1.54, 1.807) is 19.2 Å². The highest BCUT2D eigenvalue weighted by Crippen LogP contribution is 2.31. The Bertz CT molecular complexity index is 451. The van der Waals surface area contributed by atoms with Gasteiger partial charge in [0, 0.05) is 28.8 Å². The minimum atomic E-state index is -0.838. The molecule has 3 amide bonds.